The van der Waals surface area contributed by atoms with E-state index in [1.807, 2.05) is 19.2 Å². The third kappa shape index (κ3) is 2.82. The smallest absolute Gasteiger partial charge is 0.223 e. The van der Waals surface area contributed by atoms with Crippen LogP contribution in [0.4, 0.5) is 0 Å². The van der Waals surface area contributed by atoms with Crippen molar-refractivity contribution in [2.45, 2.75) is 13.0 Å². The number of rotatable bonds is 4. The van der Waals surface area contributed by atoms with Crippen molar-refractivity contribution in [2.75, 3.05) is 12.8 Å². The zero-order valence-corrected chi connectivity index (χ0v) is 11.4. The van der Waals surface area contributed by atoms with Gasteiger partial charge in [0.25, 0.3) is 0 Å². The molecule has 0 radical (unpaired) electrons. The quantitative estimate of drug-likeness (QED) is 0.842. The Morgan fingerprint density at radius 2 is 2.18 bits per heavy atom. The first-order chi connectivity index (χ1) is 8.22. The minimum absolute atomic E-state index is 0.148. The van der Waals surface area contributed by atoms with Crippen LogP contribution in [-0.4, -0.2) is 23.6 Å². The van der Waals surface area contributed by atoms with Gasteiger partial charge in [-0.2, -0.15) is 12.6 Å². The number of carbonyl (C=O) groups excluding carboxylic acids is 1. The Morgan fingerprint density at radius 3 is 2.94 bits per heavy atom. The van der Waals surface area contributed by atoms with Crippen molar-refractivity contribution >= 4 is 40.0 Å². The van der Waals surface area contributed by atoms with Gasteiger partial charge in [-0.3, -0.25) is 4.79 Å². The van der Waals surface area contributed by atoms with Crippen molar-refractivity contribution in [3.63, 3.8) is 0 Å². The summed E-state index contributed by atoms with van der Waals surface area (Å²) in [6, 6.07) is 8.30. The average molecular weight is 265 g/mol. The lowest BCUT2D eigenvalue weighted by Gasteiger charge is -2.16. The van der Waals surface area contributed by atoms with Crippen LogP contribution < -0.4 is 0 Å². The standard InChI is InChI=1S/C13H15NOS2/c1-14(13(15)6-7-16)8-10-9-17-12-5-3-2-4-11(10)12/h2-5,9,16H,6-8H2,1H3. The molecule has 0 aliphatic rings. The fourth-order valence-electron chi connectivity index (χ4n) is 1.79. The molecule has 90 valence electrons. The van der Waals surface area contributed by atoms with Gasteiger partial charge in [-0.05, 0) is 28.1 Å². The van der Waals surface area contributed by atoms with Crippen LogP contribution in [0.15, 0.2) is 29.6 Å². The number of thiol groups is 1. The Hall–Kier alpha value is -1.000. The number of carbonyl (C=O) groups is 1. The summed E-state index contributed by atoms with van der Waals surface area (Å²) in [5.74, 6) is 0.753. The Kier molecular flexibility index (Phi) is 4.07. The first-order valence-electron chi connectivity index (χ1n) is 5.52. The van der Waals surface area contributed by atoms with E-state index in [1.165, 1.54) is 15.6 Å². The molecular formula is C13H15NOS2. The van der Waals surface area contributed by atoms with Gasteiger partial charge in [-0.1, -0.05) is 18.2 Å². The van der Waals surface area contributed by atoms with Gasteiger partial charge in [0.15, 0.2) is 0 Å². The Bertz CT molecular complexity index is 521. The molecular weight excluding hydrogens is 250 g/mol. The van der Waals surface area contributed by atoms with Gasteiger partial charge in [0, 0.05) is 24.7 Å². The highest BCUT2D eigenvalue weighted by molar-refractivity contribution is 7.80. The van der Waals surface area contributed by atoms with E-state index in [1.54, 1.807) is 16.2 Å². The monoisotopic (exact) mass is 265 g/mol. The van der Waals surface area contributed by atoms with Gasteiger partial charge >= 0.3 is 0 Å². The minimum Gasteiger partial charge on any atom is -0.341 e. The van der Waals surface area contributed by atoms with Crippen LogP contribution in [0, 0.1) is 0 Å². The number of hydrogen-bond acceptors (Lipinski definition) is 3. The van der Waals surface area contributed by atoms with Gasteiger partial charge in [-0.15, -0.1) is 11.3 Å². The van der Waals surface area contributed by atoms with Crippen LogP contribution in [-0.2, 0) is 11.3 Å². The van der Waals surface area contributed by atoms with E-state index in [4.69, 9.17) is 0 Å². The fourth-order valence-corrected chi connectivity index (χ4v) is 2.93. The molecule has 1 amide bonds. The number of amides is 1. The van der Waals surface area contributed by atoms with Gasteiger partial charge in [-0.25, -0.2) is 0 Å². The summed E-state index contributed by atoms with van der Waals surface area (Å²) >= 11 is 5.81. The van der Waals surface area contributed by atoms with Crippen molar-refractivity contribution in [3.8, 4) is 0 Å². The molecule has 0 N–H and O–H groups in total. The SMILES string of the molecule is CN(Cc1csc2ccccc12)C(=O)CCS. The molecule has 1 aromatic carbocycles. The molecule has 0 atom stereocenters. The Labute approximate surface area is 111 Å². The highest BCUT2D eigenvalue weighted by atomic mass is 32.1. The van der Waals surface area contributed by atoms with Crippen molar-refractivity contribution in [2.24, 2.45) is 0 Å². The molecule has 0 fully saturated rings. The van der Waals surface area contributed by atoms with Gasteiger partial charge < -0.3 is 4.90 Å². The highest BCUT2D eigenvalue weighted by Crippen LogP contribution is 2.26. The van der Waals surface area contributed by atoms with Crippen LogP contribution >= 0.6 is 24.0 Å². The van der Waals surface area contributed by atoms with Gasteiger partial charge in [0.2, 0.25) is 5.91 Å². The lowest BCUT2D eigenvalue weighted by Crippen LogP contribution is -2.26. The molecule has 0 unspecified atom stereocenters. The summed E-state index contributed by atoms with van der Waals surface area (Å²) in [5.41, 5.74) is 1.22. The van der Waals surface area contributed by atoms with Crippen molar-refractivity contribution in [3.05, 3.63) is 35.2 Å². The summed E-state index contributed by atoms with van der Waals surface area (Å²) in [7, 11) is 1.85. The zero-order chi connectivity index (χ0) is 12.3. The second-order valence-electron chi connectivity index (χ2n) is 3.98. The predicted octanol–water partition coefficient (Wildman–Crippen LogP) is 3.18. The topological polar surface area (TPSA) is 20.3 Å². The van der Waals surface area contributed by atoms with E-state index in [0.717, 1.165) is 0 Å². The number of benzene rings is 1. The number of fused-ring (bicyclic) bond motifs is 1. The molecule has 17 heavy (non-hydrogen) atoms. The molecule has 0 bridgehead atoms. The molecule has 2 rings (SSSR count). The molecule has 0 aliphatic carbocycles. The van der Waals surface area contributed by atoms with E-state index in [-0.39, 0.29) is 5.91 Å². The normalized spacial score (nSPS) is 10.7. The maximum Gasteiger partial charge on any atom is 0.223 e. The van der Waals surface area contributed by atoms with E-state index in [2.05, 4.69) is 30.1 Å². The summed E-state index contributed by atoms with van der Waals surface area (Å²) in [5, 5.41) is 3.39. The van der Waals surface area contributed by atoms with E-state index >= 15 is 0 Å². The first kappa shape index (κ1) is 12.5. The van der Waals surface area contributed by atoms with Crippen molar-refractivity contribution < 1.29 is 4.79 Å². The van der Waals surface area contributed by atoms with E-state index < -0.39 is 0 Å². The van der Waals surface area contributed by atoms with Crippen LogP contribution in [0.2, 0.25) is 0 Å². The molecule has 0 saturated carbocycles. The summed E-state index contributed by atoms with van der Waals surface area (Å²) < 4.78 is 1.28. The van der Waals surface area contributed by atoms with Crippen LogP contribution in [0.25, 0.3) is 10.1 Å². The largest absolute Gasteiger partial charge is 0.341 e. The lowest BCUT2D eigenvalue weighted by molar-refractivity contribution is -0.129. The maximum absolute atomic E-state index is 11.7. The number of hydrogen-bond donors (Lipinski definition) is 1. The third-order valence-electron chi connectivity index (χ3n) is 2.72. The zero-order valence-electron chi connectivity index (χ0n) is 9.72. The number of thiophene rings is 1. The maximum atomic E-state index is 11.7. The van der Waals surface area contributed by atoms with Crippen molar-refractivity contribution in [1.29, 1.82) is 0 Å². The fraction of sp³-hybridized carbons (Fsp3) is 0.308. The second-order valence-corrected chi connectivity index (χ2v) is 5.34. The molecule has 1 heterocycles. The van der Waals surface area contributed by atoms with E-state index in [0.29, 0.717) is 18.7 Å². The minimum atomic E-state index is 0.148. The molecule has 2 aromatic rings. The highest BCUT2D eigenvalue weighted by Gasteiger charge is 2.10. The average Bonchev–Trinajstić information content (AvgIpc) is 2.73. The predicted molar refractivity (Wildman–Crippen MR) is 76.8 cm³/mol. The molecule has 0 saturated heterocycles. The molecule has 0 aliphatic heterocycles. The number of nitrogens with zero attached hydrogens (tertiary/aromatic N) is 1. The summed E-state index contributed by atoms with van der Waals surface area (Å²) in [6.45, 7) is 0.677. The second kappa shape index (κ2) is 5.56. The molecule has 2 nitrogen and oxygen atoms in total. The molecule has 0 spiro atoms. The Balaban J connectivity index is 2.16. The first-order valence-corrected chi connectivity index (χ1v) is 7.03. The van der Waals surface area contributed by atoms with E-state index in [9.17, 15) is 4.79 Å². The summed E-state index contributed by atoms with van der Waals surface area (Å²) in [4.78, 5) is 13.5. The lowest BCUT2D eigenvalue weighted by atomic mass is 10.1. The van der Waals surface area contributed by atoms with Crippen LogP contribution in [0.3, 0.4) is 0 Å². The van der Waals surface area contributed by atoms with Crippen LogP contribution in [0.5, 0.6) is 0 Å². The molecule has 4 heteroatoms. The van der Waals surface area contributed by atoms with Gasteiger partial charge in [0.05, 0.1) is 0 Å². The molecule has 1 aromatic heterocycles. The summed E-state index contributed by atoms with van der Waals surface area (Å²) in [6.07, 6.45) is 0.502. The van der Waals surface area contributed by atoms with Crippen molar-refractivity contribution in [1.82, 2.24) is 4.90 Å². The van der Waals surface area contributed by atoms with Gasteiger partial charge in [0.1, 0.15) is 0 Å². The Morgan fingerprint density at radius 1 is 1.41 bits per heavy atom. The van der Waals surface area contributed by atoms with Crippen LogP contribution in [0.1, 0.15) is 12.0 Å². The third-order valence-corrected chi connectivity index (χ3v) is 3.96.